The lowest BCUT2D eigenvalue weighted by Crippen LogP contribution is -1.99. The van der Waals surface area contributed by atoms with Crippen LogP contribution in [0.4, 0.5) is 0 Å². The monoisotopic (exact) mass is 358 g/mol. The summed E-state index contributed by atoms with van der Waals surface area (Å²) in [5, 5.41) is 0. The highest BCUT2D eigenvalue weighted by Gasteiger charge is 2.14. The van der Waals surface area contributed by atoms with E-state index in [1.54, 1.807) is 0 Å². The molecular formula is C18H15I. The largest absolute Gasteiger partial charge is 0.0836 e. The molecule has 0 fully saturated rings. The second-order valence-electron chi connectivity index (χ2n) is 4.75. The Bertz CT molecular complexity index is 623. The molecule has 0 spiro atoms. The fourth-order valence-electron chi connectivity index (χ4n) is 2.53. The zero-order valence-corrected chi connectivity index (χ0v) is 12.7. The van der Waals surface area contributed by atoms with Crippen molar-refractivity contribution in [3.63, 3.8) is 0 Å². The topological polar surface area (TPSA) is 0 Å². The van der Waals surface area contributed by atoms with Gasteiger partial charge in [0, 0.05) is 9.49 Å². The number of rotatable bonds is 2. The molecule has 1 heteroatoms. The van der Waals surface area contributed by atoms with Crippen LogP contribution in [0.2, 0.25) is 0 Å². The van der Waals surface area contributed by atoms with E-state index in [1.165, 1.54) is 20.3 Å². The molecule has 0 saturated heterocycles. The molecule has 0 heterocycles. The number of hydrogen-bond acceptors (Lipinski definition) is 0. The molecule has 0 aliphatic heterocycles. The number of hydrogen-bond donors (Lipinski definition) is 0. The van der Waals surface area contributed by atoms with E-state index in [0.29, 0.717) is 5.92 Å². The second kappa shape index (κ2) is 5.74. The van der Waals surface area contributed by atoms with Gasteiger partial charge in [0.15, 0.2) is 0 Å². The molecule has 1 atom stereocenters. The lowest BCUT2D eigenvalue weighted by molar-refractivity contribution is 0.855. The van der Waals surface area contributed by atoms with Gasteiger partial charge in [0.2, 0.25) is 0 Å². The minimum atomic E-state index is 0.495. The van der Waals surface area contributed by atoms with Crippen molar-refractivity contribution in [2.45, 2.75) is 12.3 Å². The summed E-state index contributed by atoms with van der Waals surface area (Å²) in [5.41, 5.74) is 4.08. The number of halogens is 1. The lowest BCUT2D eigenvalue weighted by atomic mass is 9.87. The van der Waals surface area contributed by atoms with E-state index >= 15 is 0 Å². The first-order valence-corrected chi connectivity index (χ1v) is 7.60. The smallest absolute Gasteiger partial charge is 0.0133 e. The van der Waals surface area contributed by atoms with Crippen LogP contribution < -0.4 is 0 Å². The predicted molar refractivity (Wildman–Crippen MR) is 90.2 cm³/mol. The molecule has 3 rings (SSSR count). The average Bonchev–Trinajstić information content (AvgIpc) is 2.49. The van der Waals surface area contributed by atoms with Crippen LogP contribution in [0.1, 0.15) is 17.9 Å². The minimum Gasteiger partial charge on any atom is -0.0836 e. The summed E-state index contributed by atoms with van der Waals surface area (Å²) in [6.45, 7) is 0. The summed E-state index contributed by atoms with van der Waals surface area (Å²) in [5.74, 6) is 0.495. The second-order valence-corrected chi connectivity index (χ2v) is 6.00. The quantitative estimate of drug-likeness (QED) is 0.617. The molecule has 2 aromatic carbocycles. The van der Waals surface area contributed by atoms with Crippen LogP contribution in [0.15, 0.2) is 72.8 Å². The predicted octanol–water partition coefficient (Wildman–Crippen LogP) is 5.56. The van der Waals surface area contributed by atoms with Crippen molar-refractivity contribution in [3.8, 4) is 11.1 Å². The van der Waals surface area contributed by atoms with Gasteiger partial charge in [0.05, 0.1) is 0 Å². The van der Waals surface area contributed by atoms with Crippen LogP contribution >= 0.6 is 22.6 Å². The van der Waals surface area contributed by atoms with Gasteiger partial charge in [-0.15, -0.1) is 0 Å². The molecule has 1 aliphatic carbocycles. The van der Waals surface area contributed by atoms with Crippen LogP contribution in [0, 0.1) is 3.57 Å². The summed E-state index contributed by atoms with van der Waals surface area (Å²) >= 11 is 2.40. The van der Waals surface area contributed by atoms with E-state index in [-0.39, 0.29) is 0 Å². The van der Waals surface area contributed by atoms with Crippen LogP contribution in [-0.2, 0) is 0 Å². The van der Waals surface area contributed by atoms with Gasteiger partial charge in [-0.05, 0) is 57.8 Å². The zero-order chi connectivity index (χ0) is 13.1. The van der Waals surface area contributed by atoms with Crippen molar-refractivity contribution in [2.75, 3.05) is 0 Å². The van der Waals surface area contributed by atoms with Crippen LogP contribution in [-0.4, -0.2) is 0 Å². The van der Waals surface area contributed by atoms with Gasteiger partial charge in [0.1, 0.15) is 0 Å². The van der Waals surface area contributed by atoms with Gasteiger partial charge < -0.3 is 0 Å². The van der Waals surface area contributed by atoms with Gasteiger partial charge in [0.25, 0.3) is 0 Å². The number of allylic oxidation sites excluding steroid dienone is 4. The minimum absolute atomic E-state index is 0.495. The van der Waals surface area contributed by atoms with Crippen LogP contribution in [0.5, 0.6) is 0 Å². The van der Waals surface area contributed by atoms with Gasteiger partial charge >= 0.3 is 0 Å². The molecule has 0 aromatic heterocycles. The normalized spacial score (nSPS) is 17.6. The SMILES string of the molecule is Ic1ccc(-c2ccccc2)c(C2C=CC=CC2)c1. The molecule has 0 nitrogen and oxygen atoms in total. The third-order valence-corrected chi connectivity index (χ3v) is 4.15. The van der Waals surface area contributed by atoms with Gasteiger partial charge in [-0.1, -0.05) is 60.7 Å². The average molecular weight is 358 g/mol. The highest BCUT2D eigenvalue weighted by atomic mass is 127. The van der Waals surface area contributed by atoms with Crippen molar-refractivity contribution in [1.29, 1.82) is 0 Å². The Labute approximate surface area is 128 Å². The zero-order valence-electron chi connectivity index (χ0n) is 10.6. The third-order valence-electron chi connectivity index (χ3n) is 3.48. The maximum atomic E-state index is 2.40. The van der Waals surface area contributed by atoms with E-state index in [2.05, 4.69) is 95.4 Å². The fraction of sp³-hybridized carbons (Fsp3) is 0.111. The molecule has 19 heavy (non-hydrogen) atoms. The standard InChI is InChI=1S/C18H15I/c19-16-11-12-17(14-7-3-1-4-8-14)18(13-16)15-9-5-2-6-10-15/h1-9,11-13,15H,10H2. The van der Waals surface area contributed by atoms with Gasteiger partial charge in [-0.2, -0.15) is 0 Å². The highest BCUT2D eigenvalue weighted by molar-refractivity contribution is 14.1. The van der Waals surface area contributed by atoms with Crippen molar-refractivity contribution in [3.05, 3.63) is 82.0 Å². The van der Waals surface area contributed by atoms with E-state index in [1.807, 2.05) is 0 Å². The molecule has 0 radical (unpaired) electrons. The van der Waals surface area contributed by atoms with Gasteiger partial charge in [-0.25, -0.2) is 0 Å². The van der Waals surface area contributed by atoms with Crippen molar-refractivity contribution in [2.24, 2.45) is 0 Å². The fourth-order valence-corrected chi connectivity index (χ4v) is 3.05. The van der Waals surface area contributed by atoms with Crippen LogP contribution in [0.25, 0.3) is 11.1 Å². The van der Waals surface area contributed by atoms with Gasteiger partial charge in [-0.3, -0.25) is 0 Å². The molecule has 0 N–H and O–H groups in total. The lowest BCUT2D eigenvalue weighted by Gasteiger charge is -2.18. The van der Waals surface area contributed by atoms with Crippen molar-refractivity contribution in [1.82, 2.24) is 0 Å². The molecular weight excluding hydrogens is 343 g/mol. The molecule has 1 aliphatic rings. The summed E-state index contributed by atoms with van der Waals surface area (Å²) in [7, 11) is 0. The Morgan fingerprint density at radius 1 is 0.947 bits per heavy atom. The maximum Gasteiger partial charge on any atom is 0.0133 e. The Morgan fingerprint density at radius 2 is 1.79 bits per heavy atom. The molecule has 0 amide bonds. The van der Waals surface area contributed by atoms with E-state index < -0.39 is 0 Å². The van der Waals surface area contributed by atoms with E-state index in [4.69, 9.17) is 0 Å². The third kappa shape index (κ3) is 2.81. The molecule has 2 aromatic rings. The molecule has 1 unspecified atom stereocenters. The Kier molecular flexibility index (Phi) is 3.83. The highest BCUT2D eigenvalue weighted by Crippen LogP contribution is 2.34. The first kappa shape index (κ1) is 12.7. The summed E-state index contributed by atoms with van der Waals surface area (Å²) in [6.07, 6.45) is 9.93. The van der Waals surface area contributed by atoms with Crippen molar-refractivity contribution >= 4 is 22.6 Å². The number of benzene rings is 2. The summed E-state index contributed by atoms with van der Waals surface area (Å²) < 4.78 is 1.30. The van der Waals surface area contributed by atoms with Crippen LogP contribution in [0.3, 0.4) is 0 Å². The van der Waals surface area contributed by atoms with E-state index in [9.17, 15) is 0 Å². The Morgan fingerprint density at radius 3 is 2.53 bits per heavy atom. The first-order valence-electron chi connectivity index (χ1n) is 6.53. The Hall–Kier alpha value is -1.35. The van der Waals surface area contributed by atoms with Crippen molar-refractivity contribution < 1.29 is 0 Å². The van der Waals surface area contributed by atoms with E-state index in [0.717, 1.165) is 6.42 Å². The summed E-state index contributed by atoms with van der Waals surface area (Å²) in [4.78, 5) is 0. The maximum absolute atomic E-state index is 2.40. The first-order chi connectivity index (χ1) is 9.34. The molecule has 0 saturated carbocycles. The summed E-state index contributed by atoms with van der Waals surface area (Å²) in [6, 6.07) is 17.4. The Balaban J connectivity index is 2.09. The molecule has 94 valence electrons. The molecule has 0 bridgehead atoms.